The van der Waals surface area contributed by atoms with E-state index in [1.54, 1.807) is 39.3 Å². The van der Waals surface area contributed by atoms with E-state index in [1.807, 2.05) is 32.0 Å². The first-order valence-corrected chi connectivity index (χ1v) is 12.2. The number of allylic oxidation sites excluding steroid dienone is 3. The summed E-state index contributed by atoms with van der Waals surface area (Å²) < 4.78 is 31.5. The summed E-state index contributed by atoms with van der Waals surface area (Å²) in [6, 6.07) is 11.9. The highest BCUT2D eigenvalue weighted by atomic mass is 19.1. The van der Waals surface area contributed by atoms with E-state index in [-0.39, 0.29) is 29.8 Å². The van der Waals surface area contributed by atoms with E-state index in [4.69, 9.17) is 14.2 Å². The Labute approximate surface area is 211 Å². The third kappa shape index (κ3) is 4.74. The predicted molar refractivity (Wildman–Crippen MR) is 134 cm³/mol. The van der Waals surface area contributed by atoms with Crippen molar-refractivity contribution in [1.29, 1.82) is 0 Å². The number of rotatable bonds is 7. The van der Waals surface area contributed by atoms with Crippen LogP contribution in [0.25, 0.3) is 0 Å². The van der Waals surface area contributed by atoms with Crippen LogP contribution in [0.5, 0.6) is 11.5 Å². The van der Waals surface area contributed by atoms with Gasteiger partial charge >= 0.3 is 5.97 Å². The van der Waals surface area contributed by atoms with Crippen LogP contribution in [0, 0.1) is 5.82 Å². The van der Waals surface area contributed by atoms with Crippen molar-refractivity contribution in [2.45, 2.75) is 58.0 Å². The monoisotopic (exact) mass is 493 g/mol. The Morgan fingerprint density at radius 2 is 1.83 bits per heavy atom. The van der Waals surface area contributed by atoms with Crippen LogP contribution in [0.15, 0.2) is 65.0 Å². The van der Waals surface area contributed by atoms with Gasteiger partial charge in [0.1, 0.15) is 5.82 Å². The summed E-state index contributed by atoms with van der Waals surface area (Å²) in [6.45, 7) is 5.51. The standard InChI is InChI=1S/C29H32FNO5/c1-6-16(2)36-29(33)26-17(3)31-22-13-19(18-11-12-24(34-4)25(15-18)35-5)14-23(32)28(22)27(26)20-9-7-8-10-21(20)30/h7-12,15-16,19,27,31H,6,13-14H2,1-5H3. The first-order valence-electron chi connectivity index (χ1n) is 12.2. The van der Waals surface area contributed by atoms with E-state index in [0.717, 1.165) is 5.56 Å². The normalized spacial score (nSPS) is 20.4. The maximum Gasteiger partial charge on any atom is 0.337 e. The van der Waals surface area contributed by atoms with E-state index in [1.165, 1.54) is 6.07 Å². The number of benzene rings is 2. The molecule has 1 N–H and O–H groups in total. The third-order valence-electron chi connectivity index (χ3n) is 7.03. The maximum absolute atomic E-state index is 15.1. The van der Waals surface area contributed by atoms with Gasteiger partial charge in [-0.25, -0.2) is 9.18 Å². The number of methoxy groups -OCH3 is 2. The molecule has 0 saturated carbocycles. The third-order valence-corrected chi connectivity index (χ3v) is 7.03. The summed E-state index contributed by atoms with van der Waals surface area (Å²) in [6.07, 6.45) is 1.11. The fraction of sp³-hybridized carbons (Fsp3) is 0.379. The second kappa shape index (κ2) is 10.6. The summed E-state index contributed by atoms with van der Waals surface area (Å²) in [5.41, 5.74) is 3.21. The lowest BCUT2D eigenvalue weighted by Crippen LogP contribution is -2.36. The Kier molecular flexibility index (Phi) is 7.48. The molecular formula is C29H32FNO5. The highest BCUT2D eigenvalue weighted by molar-refractivity contribution is 6.04. The highest BCUT2D eigenvalue weighted by Crippen LogP contribution is 2.47. The minimum Gasteiger partial charge on any atom is -0.493 e. The average molecular weight is 494 g/mol. The van der Waals surface area contributed by atoms with Gasteiger partial charge in [0.15, 0.2) is 17.3 Å². The summed E-state index contributed by atoms with van der Waals surface area (Å²) in [7, 11) is 3.15. The van der Waals surface area contributed by atoms with Gasteiger partial charge in [-0.15, -0.1) is 0 Å². The molecule has 1 aliphatic carbocycles. The van der Waals surface area contributed by atoms with E-state index in [0.29, 0.717) is 46.9 Å². The van der Waals surface area contributed by atoms with Crippen LogP contribution < -0.4 is 14.8 Å². The molecule has 7 heteroatoms. The van der Waals surface area contributed by atoms with Gasteiger partial charge in [0.05, 0.1) is 31.8 Å². The lowest BCUT2D eigenvalue weighted by molar-refractivity contribution is -0.144. The van der Waals surface area contributed by atoms with Gasteiger partial charge < -0.3 is 19.5 Å². The molecule has 0 spiro atoms. The van der Waals surface area contributed by atoms with Crippen molar-refractivity contribution in [2.24, 2.45) is 0 Å². The Bertz CT molecular complexity index is 1250. The van der Waals surface area contributed by atoms with Crippen LogP contribution in [0.4, 0.5) is 4.39 Å². The number of carbonyl (C=O) groups excluding carboxylic acids is 2. The van der Waals surface area contributed by atoms with Gasteiger partial charge in [-0.3, -0.25) is 4.79 Å². The van der Waals surface area contributed by atoms with Gasteiger partial charge in [0.25, 0.3) is 0 Å². The largest absolute Gasteiger partial charge is 0.493 e. The number of carbonyl (C=O) groups is 2. The van der Waals surface area contributed by atoms with E-state index in [9.17, 15) is 9.59 Å². The van der Waals surface area contributed by atoms with Gasteiger partial charge in [-0.05, 0) is 56.4 Å². The average Bonchev–Trinajstić information content (AvgIpc) is 2.87. The van der Waals surface area contributed by atoms with E-state index < -0.39 is 17.7 Å². The van der Waals surface area contributed by atoms with E-state index in [2.05, 4.69) is 5.32 Å². The molecule has 4 rings (SSSR count). The zero-order valence-corrected chi connectivity index (χ0v) is 21.3. The number of ketones is 1. The first-order chi connectivity index (χ1) is 17.3. The van der Waals surface area contributed by atoms with Crippen LogP contribution >= 0.6 is 0 Å². The minimum atomic E-state index is -0.835. The molecule has 0 radical (unpaired) electrons. The number of ether oxygens (including phenoxy) is 3. The van der Waals surface area contributed by atoms with Gasteiger partial charge in [0, 0.05) is 29.0 Å². The lowest BCUT2D eigenvalue weighted by atomic mass is 9.71. The SMILES string of the molecule is CCC(C)OC(=O)C1=C(C)NC2=C(C(=O)CC(c3ccc(OC)c(OC)c3)C2)C1c1ccccc1F. The molecule has 6 nitrogen and oxygen atoms in total. The zero-order valence-electron chi connectivity index (χ0n) is 21.3. The Morgan fingerprint density at radius 3 is 2.50 bits per heavy atom. The number of hydrogen-bond donors (Lipinski definition) is 1. The fourth-order valence-corrected chi connectivity index (χ4v) is 5.00. The number of halogens is 1. The van der Waals surface area contributed by atoms with Crippen LogP contribution in [0.2, 0.25) is 0 Å². The van der Waals surface area contributed by atoms with Crippen molar-refractivity contribution in [3.05, 3.63) is 81.9 Å². The number of dihydropyridines is 1. The molecule has 3 unspecified atom stereocenters. The maximum atomic E-state index is 15.1. The molecule has 0 fully saturated rings. The Morgan fingerprint density at radius 1 is 1.11 bits per heavy atom. The number of hydrogen-bond acceptors (Lipinski definition) is 6. The van der Waals surface area contributed by atoms with Crippen LogP contribution in [-0.2, 0) is 14.3 Å². The Hall–Kier alpha value is -3.61. The van der Waals surface area contributed by atoms with Crippen molar-refractivity contribution in [3.63, 3.8) is 0 Å². The van der Waals surface area contributed by atoms with Crippen molar-refractivity contribution in [3.8, 4) is 11.5 Å². The molecular weight excluding hydrogens is 461 g/mol. The molecule has 2 aromatic carbocycles. The molecule has 1 heterocycles. The molecule has 2 aliphatic rings. The molecule has 1 aliphatic heterocycles. The molecule has 0 saturated heterocycles. The summed E-state index contributed by atoms with van der Waals surface area (Å²) in [4.78, 5) is 27.0. The number of Topliss-reactive ketones (excluding diaryl/α,β-unsaturated/α-hetero) is 1. The van der Waals surface area contributed by atoms with E-state index >= 15 is 4.39 Å². The zero-order chi connectivity index (χ0) is 26.0. The van der Waals surface area contributed by atoms with Gasteiger partial charge in [0.2, 0.25) is 0 Å². The van der Waals surface area contributed by atoms with Gasteiger partial charge in [-0.2, -0.15) is 0 Å². The van der Waals surface area contributed by atoms with Crippen molar-refractivity contribution < 1.29 is 28.2 Å². The fourth-order valence-electron chi connectivity index (χ4n) is 5.00. The molecule has 0 aromatic heterocycles. The number of esters is 1. The van der Waals surface area contributed by atoms with Crippen LogP contribution in [0.1, 0.15) is 63.0 Å². The molecule has 36 heavy (non-hydrogen) atoms. The molecule has 190 valence electrons. The van der Waals surface area contributed by atoms with Crippen LogP contribution in [0.3, 0.4) is 0 Å². The molecule has 3 atom stereocenters. The van der Waals surface area contributed by atoms with Crippen molar-refractivity contribution >= 4 is 11.8 Å². The molecule has 0 bridgehead atoms. The second-order valence-corrected chi connectivity index (χ2v) is 9.28. The number of nitrogens with one attached hydrogen (secondary N) is 1. The smallest absolute Gasteiger partial charge is 0.337 e. The second-order valence-electron chi connectivity index (χ2n) is 9.28. The minimum absolute atomic E-state index is 0.105. The Balaban J connectivity index is 1.77. The van der Waals surface area contributed by atoms with Gasteiger partial charge in [-0.1, -0.05) is 31.2 Å². The summed E-state index contributed by atoms with van der Waals surface area (Å²) in [5, 5.41) is 3.30. The first kappa shape index (κ1) is 25.5. The predicted octanol–water partition coefficient (Wildman–Crippen LogP) is 5.55. The van der Waals surface area contributed by atoms with Crippen molar-refractivity contribution in [1.82, 2.24) is 5.32 Å². The van der Waals surface area contributed by atoms with Crippen LogP contribution in [-0.4, -0.2) is 32.1 Å². The highest BCUT2D eigenvalue weighted by Gasteiger charge is 2.42. The topological polar surface area (TPSA) is 73.9 Å². The summed E-state index contributed by atoms with van der Waals surface area (Å²) >= 11 is 0. The lowest BCUT2D eigenvalue weighted by Gasteiger charge is -2.37. The molecule has 2 aromatic rings. The quantitative estimate of drug-likeness (QED) is 0.510. The molecule has 0 amide bonds. The van der Waals surface area contributed by atoms with Crippen molar-refractivity contribution in [2.75, 3.05) is 14.2 Å². The summed E-state index contributed by atoms with van der Waals surface area (Å²) in [5.74, 6) is -0.866.